The van der Waals surface area contributed by atoms with Crippen molar-refractivity contribution in [2.75, 3.05) is 0 Å². The van der Waals surface area contributed by atoms with Gasteiger partial charge in [-0.2, -0.15) is 0 Å². The Kier molecular flexibility index (Phi) is 6.09. The van der Waals surface area contributed by atoms with E-state index in [1.165, 1.54) is 71.3 Å². The van der Waals surface area contributed by atoms with Gasteiger partial charge in [0, 0.05) is 11.8 Å². The Labute approximate surface area is 251 Å². The average molecular weight is 548 g/mol. The van der Waals surface area contributed by atoms with Crippen LogP contribution in [-0.4, -0.2) is 4.98 Å². The summed E-state index contributed by atoms with van der Waals surface area (Å²) in [7, 11) is 0. The molecule has 7 aromatic carbocycles. The molecule has 0 unspecified atom stereocenters. The van der Waals surface area contributed by atoms with Gasteiger partial charge in [-0.25, -0.2) is 0 Å². The van der Waals surface area contributed by atoms with E-state index in [0.29, 0.717) is 0 Å². The van der Waals surface area contributed by atoms with E-state index in [0.717, 1.165) is 11.3 Å². The quantitative estimate of drug-likeness (QED) is 0.200. The van der Waals surface area contributed by atoms with Gasteiger partial charge in [0.1, 0.15) is 0 Å². The summed E-state index contributed by atoms with van der Waals surface area (Å²) in [6, 6.07) is 55.0. The number of aryl methyl sites for hydroxylation is 1. The molecule has 202 valence electrons. The average Bonchev–Trinajstić information content (AvgIpc) is 3.07. The molecule has 8 aromatic rings. The molecule has 0 amide bonds. The van der Waals surface area contributed by atoms with Crippen LogP contribution in [0.1, 0.15) is 5.56 Å². The van der Waals surface area contributed by atoms with E-state index >= 15 is 0 Å². The Morgan fingerprint density at radius 1 is 0.372 bits per heavy atom. The molecular weight excluding hydrogens is 518 g/mol. The van der Waals surface area contributed by atoms with Crippen LogP contribution < -0.4 is 0 Å². The van der Waals surface area contributed by atoms with Gasteiger partial charge in [0.15, 0.2) is 0 Å². The fourth-order valence-corrected chi connectivity index (χ4v) is 6.57. The third-order valence-corrected chi connectivity index (χ3v) is 8.60. The third-order valence-electron chi connectivity index (χ3n) is 8.60. The number of hydrogen-bond acceptors (Lipinski definition) is 1. The summed E-state index contributed by atoms with van der Waals surface area (Å²) in [5, 5.41) is 7.57. The predicted octanol–water partition coefficient (Wildman–Crippen LogP) is 11.5. The molecule has 0 bridgehead atoms. The summed E-state index contributed by atoms with van der Waals surface area (Å²) in [5.41, 5.74) is 10.8. The summed E-state index contributed by atoms with van der Waals surface area (Å²) in [6.45, 7) is 2.12. The maximum atomic E-state index is 4.64. The molecule has 8 rings (SSSR count). The van der Waals surface area contributed by atoms with Crippen LogP contribution in [0.15, 0.2) is 158 Å². The van der Waals surface area contributed by atoms with Crippen LogP contribution in [0, 0.1) is 6.92 Å². The summed E-state index contributed by atoms with van der Waals surface area (Å²) >= 11 is 0. The van der Waals surface area contributed by atoms with Crippen molar-refractivity contribution in [1.29, 1.82) is 0 Å². The summed E-state index contributed by atoms with van der Waals surface area (Å²) in [4.78, 5) is 4.64. The lowest BCUT2D eigenvalue weighted by molar-refractivity contribution is 1.27. The van der Waals surface area contributed by atoms with Gasteiger partial charge in [-0.05, 0) is 102 Å². The molecule has 0 aliphatic heterocycles. The highest BCUT2D eigenvalue weighted by atomic mass is 14.7. The molecule has 0 atom stereocenters. The molecule has 1 nitrogen and oxygen atoms in total. The number of nitrogens with zero attached hydrogens (tertiary/aromatic N) is 1. The van der Waals surface area contributed by atoms with E-state index in [1.54, 1.807) is 0 Å². The van der Waals surface area contributed by atoms with Crippen LogP contribution in [-0.2, 0) is 0 Å². The maximum absolute atomic E-state index is 4.64. The largest absolute Gasteiger partial charge is 0.256 e. The Morgan fingerprint density at radius 3 is 1.53 bits per heavy atom. The zero-order valence-electron chi connectivity index (χ0n) is 24.0. The number of hydrogen-bond donors (Lipinski definition) is 0. The Bertz CT molecular complexity index is 2240. The third kappa shape index (κ3) is 4.38. The van der Waals surface area contributed by atoms with Crippen molar-refractivity contribution in [1.82, 2.24) is 4.98 Å². The highest BCUT2D eigenvalue weighted by Crippen LogP contribution is 2.44. The minimum Gasteiger partial charge on any atom is -0.256 e. The van der Waals surface area contributed by atoms with Crippen molar-refractivity contribution in [3.05, 3.63) is 163 Å². The monoisotopic (exact) mass is 547 g/mol. The van der Waals surface area contributed by atoms with Gasteiger partial charge in [-0.3, -0.25) is 4.98 Å². The van der Waals surface area contributed by atoms with E-state index in [1.807, 2.05) is 12.3 Å². The molecule has 43 heavy (non-hydrogen) atoms. The van der Waals surface area contributed by atoms with Crippen molar-refractivity contribution >= 4 is 32.3 Å². The summed E-state index contributed by atoms with van der Waals surface area (Å²) in [5.74, 6) is 0. The molecule has 1 aromatic heterocycles. The van der Waals surface area contributed by atoms with Gasteiger partial charge in [0.2, 0.25) is 0 Å². The molecule has 0 aliphatic rings. The van der Waals surface area contributed by atoms with Crippen molar-refractivity contribution in [3.63, 3.8) is 0 Å². The van der Waals surface area contributed by atoms with Crippen LogP contribution in [0.4, 0.5) is 0 Å². The number of pyridine rings is 1. The molecule has 0 saturated carbocycles. The number of rotatable bonds is 4. The fourth-order valence-electron chi connectivity index (χ4n) is 6.57. The van der Waals surface area contributed by atoms with Gasteiger partial charge in [-0.1, -0.05) is 127 Å². The van der Waals surface area contributed by atoms with Gasteiger partial charge in [0.05, 0.1) is 5.69 Å². The first-order chi connectivity index (χ1) is 21.2. The van der Waals surface area contributed by atoms with Crippen LogP contribution in [0.2, 0.25) is 0 Å². The van der Waals surface area contributed by atoms with Crippen molar-refractivity contribution in [3.8, 4) is 44.6 Å². The first-order valence-electron chi connectivity index (χ1n) is 14.8. The minimum absolute atomic E-state index is 1.03. The molecule has 1 heterocycles. The molecule has 0 fully saturated rings. The van der Waals surface area contributed by atoms with E-state index in [2.05, 4.69) is 158 Å². The smallest absolute Gasteiger partial charge is 0.0731 e. The second-order valence-electron chi connectivity index (χ2n) is 11.2. The minimum atomic E-state index is 1.03. The Balaban J connectivity index is 1.27. The second-order valence-corrected chi connectivity index (χ2v) is 11.2. The van der Waals surface area contributed by atoms with Crippen molar-refractivity contribution < 1.29 is 0 Å². The molecule has 1 heteroatoms. The van der Waals surface area contributed by atoms with E-state index in [4.69, 9.17) is 0 Å². The maximum Gasteiger partial charge on any atom is 0.0731 e. The number of benzene rings is 7. The van der Waals surface area contributed by atoms with Gasteiger partial charge >= 0.3 is 0 Å². The number of aromatic nitrogens is 1. The SMILES string of the molecule is Cc1cccnc1-c1cccc(-c2ccc3cc(-c4c5ccccc5c(-c5ccccc5)c5ccccc45)ccc3c2)c1. The topological polar surface area (TPSA) is 12.9 Å². The number of fused-ring (bicyclic) bond motifs is 3. The lowest BCUT2D eigenvalue weighted by Crippen LogP contribution is -1.91. The second kappa shape index (κ2) is 10.4. The van der Waals surface area contributed by atoms with E-state index in [9.17, 15) is 0 Å². The molecule has 0 N–H and O–H groups in total. The highest BCUT2D eigenvalue weighted by Gasteiger charge is 2.16. The molecule has 0 saturated heterocycles. The summed E-state index contributed by atoms with van der Waals surface area (Å²) < 4.78 is 0. The van der Waals surface area contributed by atoms with Crippen molar-refractivity contribution in [2.24, 2.45) is 0 Å². The standard InChI is InChI=1S/C42H29N/c1-28-11-10-24-43-42(28)35-15-9-14-30(27-35)31-20-21-33-26-34(23-22-32(33)25-31)41-38-18-7-5-16-36(38)40(29-12-3-2-4-13-29)37-17-6-8-19-39(37)41/h2-27H,1H3. The predicted molar refractivity (Wildman–Crippen MR) is 183 cm³/mol. The Hall–Kier alpha value is -5.53. The molecule has 0 radical (unpaired) electrons. The molecule has 0 aliphatic carbocycles. The molecule has 0 spiro atoms. The highest BCUT2D eigenvalue weighted by molar-refractivity contribution is 6.21. The van der Waals surface area contributed by atoms with Gasteiger partial charge < -0.3 is 0 Å². The van der Waals surface area contributed by atoms with Crippen LogP contribution in [0.25, 0.3) is 77.0 Å². The lowest BCUT2D eigenvalue weighted by atomic mass is 9.85. The fraction of sp³-hybridized carbons (Fsp3) is 0.0238. The van der Waals surface area contributed by atoms with Crippen LogP contribution in [0.5, 0.6) is 0 Å². The van der Waals surface area contributed by atoms with E-state index in [-0.39, 0.29) is 0 Å². The van der Waals surface area contributed by atoms with Gasteiger partial charge in [0.25, 0.3) is 0 Å². The van der Waals surface area contributed by atoms with Crippen molar-refractivity contribution in [2.45, 2.75) is 6.92 Å². The van der Waals surface area contributed by atoms with Crippen LogP contribution >= 0.6 is 0 Å². The zero-order valence-corrected chi connectivity index (χ0v) is 24.0. The first kappa shape index (κ1) is 25.2. The van der Waals surface area contributed by atoms with Gasteiger partial charge in [-0.15, -0.1) is 0 Å². The molecular formula is C42H29N. The zero-order chi connectivity index (χ0) is 28.8. The Morgan fingerprint density at radius 2 is 0.884 bits per heavy atom. The lowest BCUT2D eigenvalue weighted by Gasteiger charge is -2.18. The summed E-state index contributed by atoms with van der Waals surface area (Å²) in [6.07, 6.45) is 1.87. The normalized spacial score (nSPS) is 11.4. The first-order valence-corrected chi connectivity index (χ1v) is 14.8. The van der Waals surface area contributed by atoms with E-state index < -0.39 is 0 Å². The van der Waals surface area contributed by atoms with Crippen LogP contribution in [0.3, 0.4) is 0 Å².